The quantitative estimate of drug-likeness (QED) is 0.896. The predicted octanol–water partition coefficient (Wildman–Crippen LogP) is 2.08. The maximum Gasteiger partial charge on any atom is 0.154 e. The molecule has 0 amide bonds. The van der Waals surface area contributed by atoms with Crippen LogP contribution in [0.15, 0.2) is 24.3 Å². The third-order valence-corrected chi connectivity index (χ3v) is 5.59. The molecule has 1 rings (SSSR count). The van der Waals surface area contributed by atoms with E-state index in [1.54, 1.807) is 20.9 Å². The molecule has 0 saturated heterocycles. The minimum Gasteiger partial charge on any atom is -0.312 e. The second kappa shape index (κ2) is 4.78. The summed E-state index contributed by atoms with van der Waals surface area (Å²) in [6, 6.07) is 7.66. The molecule has 0 saturated carbocycles. The van der Waals surface area contributed by atoms with Gasteiger partial charge in [-0.25, -0.2) is 8.42 Å². The van der Waals surface area contributed by atoms with Gasteiger partial charge in [0.2, 0.25) is 0 Å². The van der Waals surface area contributed by atoms with Gasteiger partial charge < -0.3 is 5.32 Å². The molecule has 4 heteroatoms. The smallest absolute Gasteiger partial charge is 0.154 e. The molecule has 0 fully saturated rings. The van der Waals surface area contributed by atoms with Crippen LogP contribution in [0.1, 0.15) is 31.0 Å². The summed E-state index contributed by atoms with van der Waals surface area (Å²) in [6.45, 7) is 5.52. The lowest BCUT2D eigenvalue weighted by Gasteiger charge is -2.33. The highest BCUT2D eigenvalue weighted by Gasteiger charge is 2.39. The molecular weight excluding hydrogens is 234 g/mol. The molecule has 0 bridgehead atoms. The van der Waals surface area contributed by atoms with Gasteiger partial charge in [0.1, 0.15) is 0 Å². The van der Waals surface area contributed by atoms with E-state index in [1.165, 1.54) is 6.26 Å². The van der Waals surface area contributed by atoms with E-state index in [1.807, 2.05) is 31.2 Å². The number of hydrogen-bond acceptors (Lipinski definition) is 3. The third-order valence-electron chi connectivity index (χ3n) is 3.44. The first-order valence-corrected chi connectivity index (χ1v) is 7.53. The zero-order valence-corrected chi connectivity index (χ0v) is 11.9. The first kappa shape index (κ1) is 14.2. The Labute approximate surface area is 104 Å². The van der Waals surface area contributed by atoms with Crippen LogP contribution in [0.3, 0.4) is 0 Å². The van der Waals surface area contributed by atoms with Gasteiger partial charge in [-0.3, -0.25) is 0 Å². The van der Waals surface area contributed by atoms with Crippen molar-refractivity contribution < 1.29 is 8.42 Å². The van der Waals surface area contributed by atoms with Gasteiger partial charge in [0.05, 0.1) is 10.8 Å². The van der Waals surface area contributed by atoms with Crippen molar-refractivity contribution >= 4 is 9.84 Å². The Morgan fingerprint density at radius 1 is 1.24 bits per heavy atom. The van der Waals surface area contributed by atoms with Crippen molar-refractivity contribution in [2.45, 2.75) is 31.6 Å². The van der Waals surface area contributed by atoms with Crippen molar-refractivity contribution in [3.05, 3.63) is 35.4 Å². The number of rotatable bonds is 4. The molecule has 0 aliphatic rings. The fourth-order valence-corrected chi connectivity index (χ4v) is 2.68. The van der Waals surface area contributed by atoms with Crippen LogP contribution < -0.4 is 5.32 Å². The summed E-state index contributed by atoms with van der Waals surface area (Å²) in [7, 11) is -1.35. The Bertz CT molecular complexity index is 492. The Morgan fingerprint density at radius 2 is 1.76 bits per heavy atom. The molecule has 0 heterocycles. The standard InChI is InChI=1S/C13H21NO2S/c1-10-8-6-7-9-11(10)12(14-4)13(2,3)17(5,15)16/h6-9,12,14H,1-5H3. The molecule has 96 valence electrons. The molecule has 0 radical (unpaired) electrons. The monoisotopic (exact) mass is 255 g/mol. The predicted molar refractivity (Wildman–Crippen MR) is 71.9 cm³/mol. The summed E-state index contributed by atoms with van der Waals surface area (Å²) < 4.78 is 23.0. The van der Waals surface area contributed by atoms with Crippen molar-refractivity contribution in [3.63, 3.8) is 0 Å². The van der Waals surface area contributed by atoms with Gasteiger partial charge in [-0.1, -0.05) is 24.3 Å². The number of sulfone groups is 1. The molecule has 1 N–H and O–H groups in total. The normalized spacial score (nSPS) is 14.6. The molecule has 0 aromatic heterocycles. The molecule has 1 atom stereocenters. The van der Waals surface area contributed by atoms with Crippen LogP contribution in [0.4, 0.5) is 0 Å². The highest BCUT2D eigenvalue weighted by atomic mass is 32.2. The van der Waals surface area contributed by atoms with Crippen LogP contribution in [-0.2, 0) is 9.84 Å². The molecule has 1 unspecified atom stereocenters. The van der Waals surface area contributed by atoms with Crippen LogP contribution in [0, 0.1) is 6.92 Å². The second-order valence-electron chi connectivity index (χ2n) is 4.95. The van der Waals surface area contributed by atoms with Gasteiger partial charge in [0.15, 0.2) is 9.84 Å². The average molecular weight is 255 g/mol. The van der Waals surface area contributed by atoms with Gasteiger partial charge in [0, 0.05) is 6.26 Å². The van der Waals surface area contributed by atoms with Crippen LogP contribution in [0.5, 0.6) is 0 Å². The summed E-state index contributed by atoms with van der Waals surface area (Å²) in [5, 5.41) is 3.13. The zero-order valence-electron chi connectivity index (χ0n) is 11.1. The highest BCUT2D eigenvalue weighted by molar-refractivity contribution is 7.92. The first-order chi connectivity index (χ1) is 7.71. The van der Waals surface area contributed by atoms with Gasteiger partial charge in [-0.05, 0) is 38.9 Å². The molecule has 0 aliphatic carbocycles. The molecule has 0 spiro atoms. The fourth-order valence-electron chi connectivity index (χ4n) is 2.00. The molecule has 1 aromatic carbocycles. The summed E-state index contributed by atoms with van der Waals surface area (Å²) in [6.07, 6.45) is 1.29. The fraction of sp³-hybridized carbons (Fsp3) is 0.538. The van der Waals surface area contributed by atoms with Crippen molar-refractivity contribution in [2.75, 3.05) is 13.3 Å². The summed E-state index contributed by atoms with van der Waals surface area (Å²) in [4.78, 5) is 0. The SMILES string of the molecule is CNC(c1ccccc1C)C(C)(C)S(C)(=O)=O. The summed E-state index contributed by atoms with van der Waals surface area (Å²) in [5.74, 6) is 0. The lowest BCUT2D eigenvalue weighted by atomic mass is 9.92. The minimum atomic E-state index is -3.14. The molecule has 0 aliphatic heterocycles. The third kappa shape index (κ3) is 2.69. The number of nitrogens with one attached hydrogen (secondary N) is 1. The Balaban J connectivity index is 3.31. The van der Waals surface area contributed by atoms with E-state index in [2.05, 4.69) is 5.32 Å². The Hall–Kier alpha value is -0.870. The van der Waals surface area contributed by atoms with Crippen LogP contribution >= 0.6 is 0 Å². The number of aryl methyl sites for hydroxylation is 1. The van der Waals surface area contributed by atoms with Crippen molar-refractivity contribution in [1.29, 1.82) is 0 Å². The van der Waals surface area contributed by atoms with Crippen LogP contribution in [-0.4, -0.2) is 26.5 Å². The van der Waals surface area contributed by atoms with E-state index in [0.717, 1.165) is 11.1 Å². The van der Waals surface area contributed by atoms with Gasteiger partial charge in [-0.2, -0.15) is 0 Å². The topological polar surface area (TPSA) is 46.2 Å². The van der Waals surface area contributed by atoms with Gasteiger partial charge >= 0.3 is 0 Å². The largest absolute Gasteiger partial charge is 0.312 e. The molecule has 17 heavy (non-hydrogen) atoms. The van der Waals surface area contributed by atoms with Crippen molar-refractivity contribution in [3.8, 4) is 0 Å². The number of hydrogen-bond donors (Lipinski definition) is 1. The van der Waals surface area contributed by atoms with E-state index < -0.39 is 14.6 Å². The van der Waals surface area contributed by atoms with E-state index in [9.17, 15) is 8.42 Å². The Morgan fingerprint density at radius 3 is 2.18 bits per heavy atom. The van der Waals surface area contributed by atoms with E-state index >= 15 is 0 Å². The van der Waals surface area contributed by atoms with E-state index in [4.69, 9.17) is 0 Å². The lowest BCUT2D eigenvalue weighted by molar-refractivity contribution is 0.445. The lowest BCUT2D eigenvalue weighted by Crippen LogP contribution is -2.44. The van der Waals surface area contributed by atoms with Crippen molar-refractivity contribution in [1.82, 2.24) is 5.32 Å². The van der Waals surface area contributed by atoms with Crippen molar-refractivity contribution in [2.24, 2.45) is 0 Å². The van der Waals surface area contributed by atoms with E-state index in [0.29, 0.717) is 0 Å². The molecular formula is C13H21NO2S. The maximum absolute atomic E-state index is 11.9. The van der Waals surface area contributed by atoms with Crippen LogP contribution in [0.25, 0.3) is 0 Å². The van der Waals surface area contributed by atoms with E-state index in [-0.39, 0.29) is 6.04 Å². The summed E-state index contributed by atoms with van der Waals surface area (Å²) >= 11 is 0. The average Bonchev–Trinajstić information content (AvgIpc) is 2.20. The maximum atomic E-state index is 11.9. The zero-order chi connectivity index (χ0) is 13.3. The van der Waals surface area contributed by atoms with Gasteiger partial charge in [-0.15, -0.1) is 0 Å². The highest BCUT2D eigenvalue weighted by Crippen LogP contribution is 2.33. The van der Waals surface area contributed by atoms with Crippen LogP contribution in [0.2, 0.25) is 0 Å². The first-order valence-electron chi connectivity index (χ1n) is 5.64. The number of benzene rings is 1. The molecule has 1 aromatic rings. The Kier molecular flexibility index (Phi) is 3.99. The summed E-state index contributed by atoms with van der Waals surface area (Å²) in [5.41, 5.74) is 2.13. The molecule has 3 nitrogen and oxygen atoms in total. The van der Waals surface area contributed by atoms with Gasteiger partial charge in [0.25, 0.3) is 0 Å². The minimum absolute atomic E-state index is 0.210. The second-order valence-corrected chi connectivity index (χ2v) is 7.55.